The van der Waals surface area contributed by atoms with Crippen LogP contribution in [-0.2, 0) is 5.48 Å². The third kappa shape index (κ3) is 283. The Morgan fingerprint density at radius 1 is 0.190 bits per heavy atom. The number of rotatable bonds is 0. The fraction of sp³-hybridized carbons (Fsp3) is 1.00. The first-order valence-electron chi connectivity index (χ1n) is 21.0. The van der Waals surface area contributed by atoms with Crippen molar-refractivity contribution in [2.24, 2.45) is 48.7 Å². The summed E-state index contributed by atoms with van der Waals surface area (Å²) in [6.45, 7) is 57.2. The van der Waals surface area contributed by atoms with Gasteiger partial charge in [0, 0.05) is 0 Å². The van der Waals surface area contributed by atoms with Gasteiger partial charge in [0.25, 0.3) is 0 Å². The van der Waals surface area contributed by atoms with E-state index in [1.54, 1.807) is 20.8 Å². The minimum absolute atomic E-state index is 0. The van der Waals surface area contributed by atoms with Gasteiger partial charge >= 0.3 is 125 Å². The minimum Gasteiger partial charge on any atom is -2.00 e. The van der Waals surface area contributed by atoms with Gasteiger partial charge in [-0.2, -0.15) is 0 Å². The van der Waals surface area contributed by atoms with Crippen LogP contribution in [-0.4, -0.2) is 65.1 Å². The Labute approximate surface area is 496 Å². The van der Waals surface area contributed by atoms with E-state index in [4.69, 9.17) is 0 Å². The van der Waals surface area contributed by atoms with Crippen molar-refractivity contribution in [1.29, 1.82) is 0 Å². The van der Waals surface area contributed by atoms with Crippen molar-refractivity contribution in [2.45, 2.75) is 213 Å². The van der Waals surface area contributed by atoms with E-state index < -0.39 is 5.60 Å². The molecule has 14 heteroatoms. The summed E-state index contributed by atoms with van der Waals surface area (Å²) in [4.78, 5) is 0. The van der Waals surface area contributed by atoms with Gasteiger partial charge in [-0.15, -0.1) is 65.1 Å². The molecule has 0 N–H and O–H groups in total. The number of hydrogen-bond acceptors (Lipinski definition) is 10. The van der Waals surface area contributed by atoms with Gasteiger partial charge in [0.1, 0.15) is 0 Å². The molecule has 0 fully saturated rings. The summed E-state index contributed by atoms with van der Waals surface area (Å²) in [5.41, 5.74) is -0.875. The first-order valence-corrected chi connectivity index (χ1v) is 21.0. The molecule has 382 valence electrons. The molecule has 0 spiro atoms. The average molecular weight is 1290 g/mol. The molecule has 0 aliphatic heterocycles. The zero-order valence-corrected chi connectivity index (χ0v) is 56.8. The van der Waals surface area contributed by atoms with Crippen LogP contribution < -0.4 is 51.1 Å². The zero-order valence-electron chi connectivity index (χ0n) is 47.4. The smallest absolute Gasteiger partial charge is 2.00 e. The molecule has 0 saturated heterocycles. The Balaban J connectivity index is -0.0000000351. The van der Waals surface area contributed by atoms with Crippen LogP contribution in [0.15, 0.2) is 0 Å². The van der Waals surface area contributed by atoms with Crippen LogP contribution in [0.4, 0.5) is 0 Å². The zero-order chi connectivity index (χ0) is 51.4. The molecule has 0 saturated carbocycles. The molecule has 0 aromatic carbocycles. The minimum atomic E-state index is -0.750. The molecule has 0 aromatic rings. The van der Waals surface area contributed by atoms with E-state index >= 15 is 0 Å². The van der Waals surface area contributed by atoms with Crippen molar-refractivity contribution in [2.75, 3.05) is 59.5 Å². The molecule has 0 bridgehead atoms. The third-order valence-corrected chi connectivity index (χ3v) is 3.90. The van der Waals surface area contributed by atoms with Crippen LogP contribution >= 0.6 is 0 Å². The maximum Gasteiger partial charge on any atom is 4.00 e. The van der Waals surface area contributed by atoms with Crippen molar-refractivity contribution in [3.63, 3.8) is 0 Å². The Morgan fingerprint density at radius 2 is 0.206 bits per heavy atom. The van der Waals surface area contributed by atoms with E-state index in [1.165, 1.54) is 0 Å². The molecule has 63 heavy (non-hydrogen) atoms. The fourth-order valence-electron chi connectivity index (χ4n) is 0. The summed E-state index contributed by atoms with van der Waals surface area (Å²) in [5.74, 6) is 0. The molecule has 0 aromatic heterocycles. The van der Waals surface area contributed by atoms with E-state index in [0.29, 0.717) is 0 Å². The SMILES string of the molecule is CC(C)(C)C[O-].CC(C)(C)C[O-].CC(C)(C)C[O-].CC(C)(C)C[O-].CC(C)(C)C[O-].CC(C)(C)C[O-].CC(C)(C)C[O-].CC(C)(C)C[O-].CC(C)(C)C[O-].CC(C)(C)[O-].[Ce+4].[Ce+4].[Ce+4].[O-2]. The van der Waals surface area contributed by atoms with Crippen molar-refractivity contribution in [3.8, 4) is 0 Å². The fourth-order valence-corrected chi connectivity index (χ4v) is 0. The summed E-state index contributed by atoms with van der Waals surface area (Å²) in [6, 6.07) is 0. The normalized spacial score (nSPS) is 11.2. The van der Waals surface area contributed by atoms with E-state index in [1.807, 2.05) is 187 Å². The molecule has 0 aliphatic rings. The van der Waals surface area contributed by atoms with Crippen molar-refractivity contribution < 1.29 is 182 Å². The summed E-state index contributed by atoms with van der Waals surface area (Å²) < 4.78 is 0. The summed E-state index contributed by atoms with van der Waals surface area (Å²) >= 11 is 0. The molecular formula is C49H108Ce3O11. The predicted octanol–water partition coefficient (Wildman–Crippen LogP) is 3.56. The second-order valence-corrected chi connectivity index (χ2v) is 26.5. The van der Waals surface area contributed by atoms with Crippen LogP contribution in [0, 0.1) is 174 Å². The van der Waals surface area contributed by atoms with Crippen LogP contribution in [0.5, 0.6) is 0 Å². The summed E-state index contributed by atoms with van der Waals surface area (Å²) in [6.07, 6.45) is 0. The second-order valence-electron chi connectivity index (χ2n) is 26.5. The predicted molar refractivity (Wildman–Crippen MR) is 239 cm³/mol. The molecule has 0 amide bonds. The molecule has 0 aliphatic carbocycles. The Hall–Kier alpha value is 3.69. The van der Waals surface area contributed by atoms with Crippen molar-refractivity contribution >= 4 is 0 Å². The Kier molecular flexibility index (Phi) is 85.6. The summed E-state index contributed by atoms with van der Waals surface area (Å²) in [7, 11) is 0. The standard InChI is InChI=1S/9C5H11O.C4H9O.3Ce.O/c9*1-5(2,3)4-6;1-4(2,3)5;;;;/h9*4H2,1-3H3;1-3H3;;;;/q10*-1;3*+4;-2. The van der Waals surface area contributed by atoms with Crippen LogP contribution in [0.2, 0.25) is 0 Å². The van der Waals surface area contributed by atoms with Gasteiger partial charge < -0.3 is 56.5 Å². The molecular weight excluding hydrogens is 1180 g/mol. The topological polar surface area (TPSA) is 259 Å². The monoisotopic (exact) mass is 1290 g/mol. The first kappa shape index (κ1) is 104. The Morgan fingerprint density at radius 3 is 0.206 bits per heavy atom. The van der Waals surface area contributed by atoms with Gasteiger partial charge in [-0.05, 0) is 0 Å². The number of hydrogen-bond donors (Lipinski definition) is 0. The van der Waals surface area contributed by atoms with Gasteiger partial charge in [0.2, 0.25) is 0 Å². The third-order valence-electron chi connectivity index (χ3n) is 3.90. The van der Waals surface area contributed by atoms with Crippen LogP contribution in [0.1, 0.15) is 208 Å². The van der Waals surface area contributed by atoms with Crippen LogP contribution in [0.25, 0.3) is 0 Å². The first-order chi connectivity index (χ1) is 25.0. The van der Waals surface area contributed by atoms with E-state index in [0.717, 1.165) is 0 Å². The van der Waals surface area contributed by atoms with Crippen LogP contribution in [0.3, 0.4) is 0 Å². The van der Waals surface area contributed by atoms with Crippen molar-refractivity contribution in [3.05, 3.63) is 0 Å². The molecule has 0 heterocycles. The largest absolute Gasteiger partial charge is 4.00 e. The quantitative estimate of drug-likeness (QED) is 0.341. The maximum absolute atomic E-state index is 10.1. The molecule has 0 rings (SSSR count). The van der Waals surface area contributed by atoms with Gasteiger partial charge in [0.15, 0.2) is 0 Å². The van der Waals surface area contributed by atoms with Gasteiger partial charge in [-0.3, -0.25) is 0 Å². The molecule has 0 atom stereocenters. The van der Waals surface area contributed by atoms with Gasteiger partial charge in [0.05, 0.1) is 0 Å². The molecule has 0 radical (unpaired) electrons. The second kappa shape index (κ2) is 52.0. The van der Waals surface area contributed by atoms with Crippen molar-refractivity contribution in [1.82, 2.24) is 0 Å². The molecule has 11 nitrogen and oxygen atoms in total. The van der Waals surface area contributed by atoms with Gasteiger partial charge in [-0.1, -0.05) is 256 Å². The average Bonchev–Trinajstić information content (AvgIpc) is 2.99. The van der Waals surface area contributed by atoms with E-state index in [-0.39, 0.29) is 239 Å². The molecule has 0 unspecified atom stereocenters. The van der Waals surface area contributed by atoms with E-state index in [9.17, 15) is 51.1 Å². The Bertz CT molecular complexity index is 601. The maximum atomic E-state index is 10.1. The van der Waals surface area contributed by atoms with E-state index in [2.05, 4.69) is 0 Å². The summed E-state index contributed by atoms with van der Waals surface area (Å²) in [5, 5.41) is 99.7. The van der Waals surface area contributed by atoms with Gasteiger partial charge in [-0.25, -0.2) is 0 Å².